The number of H-pyrrole nitrogens is 1. The first-order chi connectivity index (χ1) is 13.6. The van der Waals surface area contributed by atoms with Gasteiger partial charge in [-0.25, -0.2) is 0 Å². The second-order valence-electron chi connectivity index (χ2n) is 7.06. The minimum atomic E-state index is 0.0281. The molecule has 0 saturated carbocycles. The third-order valence-corrected chi connectivity index (χ3v) is 6.13. The van der Waals surface area contributed by atoms with Gasteiger partial charge in [0.05, 0.1) is 17.7 Å². The molecule has 0 radical (unpaired) electrons. The number of piperidine rings is 1. The Hall–Kier alpha value is -2.80. The highest BCUT2D eigenvalue weighted by atomic mass is 32.1. The number of hydrogen-bond acceptors (Lipinski definition) is 5. The van der Waals surface area contributed by atoms with Gasteiger partial charge in [0.15, 0.2) is 5.82 Å². The van der Waals surface area contributed by atoms with E-state index >= 15 is 0 Å². The number of nitrogens with one attached hydrogen (secondary N) is 2. The van der Waals surface area contributed by atoms with Gasteiger partial charge in [0, 0.05) is 25.2 Å². The van der Waals surface area contributed by atoms with Crippen molar-refractivity contribution in [2.75, 3.05) is 25.1 Å². The molecule has 0 aliphatic carbocycles. The highest BCUT2D eigenvalue weighted by molar-refractivity contribution is 7.12. The van der Waals surface area contributed by atoms with Crippen LogP contribution in [-0.4, -0.2) is 42.3 Å². The third-order valence-electron chi connectivity index (χ3n) is 5.11. The summed E-state index contributed by atoms with van der Waals surface area (Å²) in [5.41, 5.74) is 3.07. The molecule has 3 aromatic rings. The SMILES string of the molecule is COc1ccc(-c2cc(N3CCC[C@@H](NC(=O)c4sccc4C)C3)n[nH]2)cc1. The molecule has 1 atom stereocenters. The van der Waals surface area contributed by atoms with E-state index in [1.54, 1.807) is 7.11 Å². The first-order valence-electron chi connectivity index (χ1n) is 9.44. The van der Waals surface area contributed by atoms with Crippen molar-refractivity contribution in [2.45, 2.75) is 25.8 Å². The average Bonchev–Trinajstić information content (AvgIpc) is 3.37. The van der Waals surface area contributed by atoms with E-state index in [0.717, 1.165) is 59.2 Å². The molecular weight excluding hydrogens is 372 g/mol. The quantitative estimate of drug-likeness (QED) is 0.687. The van der Waals surface area contributed by atoms with Crippen molar-refractivity contribution in [3.05, 3.63) is 52.2 Å². The van der Waals surface area contributed by atoms with Crippen molar-refractivity contribution in [3.8, 4) is 17.0 Å². The number of ether oxygens (including phenoxy) is 1. The fourth-order valence-corrected chi connectivity index (χ4v) is 4.38. The van der Waals surface area contributed by atoms with Gasteiger partial charge >= 0.3 is 0 Å². The van der Waals surface area contributed by atoms with Crippen LogP contribution < -0.4 is 15.0 Å². The zero-order valence-electron chi connectivity index (χ0n) is 16.1. The van der Waals surface area contributed by atoms with Crippen molar-refractivity contribution >= 4 is 23.1 Å². The lowest BCUT2D eigenvalue weighted by Gasteiger charge is -2.33. The number of aryl methyl sites for hydroxylation is 1. The van der Waals surface area contributed by atoms with Crippen LogP contribution in [0.1, 0.15) is 28.1 Å². The summed E-state index contributed by atoms with van der Waals surface area (Å²) in [5.74, 6) is 1.77. The van der Waals surface area contributed by atoms with Crippen LogP contribution in [0.5, 0.6) is 5.75 Å². The highest BCUT2D eigenvalue weighted by Gasteiger charge is 2.24. The average molecular weight is 397 g/mol. The maximum Gasteiger partial charge on any atom is 0.261 e. The van der Waals surface area contributed by atoms with E-state index in [0.29, 0.717) is 0 Å². The smallest absolute Gasteiger partial charge is 0.261 e. The van der Waals surface area contributed by atoms with Crippen LogP contribution in [0.25, 0.3) is 11.3 Å². The second kappa shape index (κ2) is 8.06. The molecule has 3 heterocycles. The number of rotatable bonds is 5. The summed E-state index contributed by atoms with van der Waals surface area (Å²) in [6.07, 6.45) is 2.02. The number of carbonyl (C=O) groups is 1. The molecule has 0 spiro atoms. The molecule has 7 heteroatoms. The van der Waals surface area contributed by atoms with Crippen LogP contribution in [0.2, 0.25) is 0 Å². The van der Waals surface area contributed by atoms with E-state index in [4.69, 9.17) is 4.74 Å². The van der Waals surface area contributed by atoms with E-state index in [2.05, 4.69) is 26.5 Å². The van der Waals surface area contributed by atoms with Gasteiger partial charge < -0.3 is 15.0 Å². The summed E-state index contributed by atoms with van der Waals surface area (Å²) in [6.45, 7) is 3.68. The minimum Gasteiger partial charge on any atom is -0.497 e. The Labute approximate surface area is 168 Å². The maximum atomic E-state index is 12.5. The van der Waals surface area contributed by atoms with Crippen molar-refractivity contribution in [1.29, 1.82) is 0 Å². The molecule has 2 N–H and O–H groups in total. The Morgan fingerprint density at radius 2 is 2.14 bits per heavy atom. The van der Waals surface area contributed by atoms with Gasteiger partial charge in [0.2, 0.25) is 0 Å². The van der Waals surface area contributed by atoms with Crippen LogP contribution in [-0.2, 0) is 0 Å². The van der Waals surface area contributed by atoms with Gasteiger partial charge in [-0.05, 0) is 66.6 Å². The van der Waals surface area contributed by atoms with Gasteiger partial charge in [-0.3, -0.25) is 9.89 Å². The fourth-order valence-electron chi connectivity index (χ4n) is 3.55. The Morgan fingerprint density at radius 3 is 2.86 bits per heavy atom. The molecule has 146 valence electrons. The molecular formula is C21H24N4O2S. The Kier molecular flexibility index (Phi) is 5.34. The lowest BCUT2D eigenvalue weighted by molar-refractivity contribution is 0.0936. The topological polar surface area (TPSA) is 70.2 Å². The number of hydrogen-bond donors (Lipinski definition) is 2. The lowest BCUT2D eigenvalue weighted by Crippen LogP contribution is -2.47. The molecule has 2 aromatic heterocycles. The number of carbonyl (C=O) groups excluding carboxylic acids is 1. The molecule has 4 rings (SSSR count). The van der Waals surface area contributed by atoms with Crippen LogP contribution >= 0.6 is 11.3 Å². The summed E-state index contributed by atoms with van der Waals surface area (Å²) < 4.78 is 5.22. The number of benzene rings is 1. The van der Waals surface area contributed by atoms with Crippen LogP contribution in [0.3, 0.4) is 0 Å². The maximum absolute atomic E-state index is 12.5. The van der Waals surface area contributed by atoms with E-state index in [1.165, 1.54) is 11.3 Å². The number of methoxy groups -OCH3 is 1. The molecule has 1 saturated heterocycles. The van der Waals surface area contributed by atoms with E-state index in [9.17, 15) is 4.79 Å². The molecule has 1 aliphatic heterocycles. The standard InChI is InChI=1S/C21H24N4O2S/c1-14-9-11-28-20(14)21(26)22-16-4-3-10-25(13-16)19-12-18(23-24-19)15-5-7-17(27-2)8-6-15/h5-9,11-12,16H,3-4,10,13H2,1-2H3,(H,22,26)(H,23,24)/t16-/m1/s1. The van der Waals surface area contributed by atoms with Crippen molar-refractivity contribution < 1.29 is 9.53 Å². The molecule has 1 amide bonds. The lowest BCUT2D eigenvalue weighted by atomic mass is 10.1. The summed E-state index contributed by atoms with van der Waals surface area (Å²) in [6, 6.07) is 12.1. The molecule has 0 unspecified atom stereocenters. The zero-order chi connectivity index (χ0) is 19.5. The molecule has 1 fully saturated rings. The molecule has 0 bridgehead atoms. The van der Waals surface area contributed by atoms with Crippen LogP contribution in [0.15, 0.2) is 41.8 Å². The normalized spacial score (nSPS) is 16.8. The number of thiophene rings is 1. The Balaban J connectivity index is 1.42. The monoisotopic (exact) mass is 396 g/mol. The Bertz CT molecular complexity index is 947. The van der Waals surface area contributed by atoms with Crippen molar-refractivity contribution in [2.24, 2.45) is 0 Å². The number of amides is 1. The minimum absolute atomic E-state index is 0.0281. The third kappa shape index (κ3) is 3.89. The Morgan fingerprint density at radius 1 is 1.32 bits per heavy atom. The molecule has 1 aliphatic rings. The van der Waals surface area contributed by atoms with Crippen molar-refractivity contribution in [1.82, 2.24) is 15.5 Å². The van der Waals surface area contributed by atoms with Crippen molar-refractivity contribution in [3.63, 3.8) is 0 Å². The summed E-state index contributed by atoms with van der Waals surface area (Å²) in [5, 5.41) is 12.8. The number of nitrogens with zero attached hydrogens (tertiary/aromatic N) is 2. The zero-order valence-corrected chi connectivity index (χ0v) is 16.9. The second-order valence-corrected chi connectivity index (χ2v) is 7.98. The van der Waals surface area contributed by atoms with E-state index in [-0.39, 0.29) is 11.9 Å². The predicted molar refractivity (Wildman–Crippen MR) is 112 cm³/mol. The first kappa shape index (κ1) is 18.6. The predicted octanol–water partition coefficient (Wildman–Crippen LogP) is 3.85. The van der Waals surface area contributed by atoms with Crippen LogP contribution in [0.4, 0.5) is 5.82 Å². The van der Waals surface area contributed by atoms with E-state index in [1.807, 2.05) is 42.6 Å². The first-order valence-corrected chi connectivity index (χ1v) is 10.3. The summed E-state index contributed by atoms with van der Waals surface area (Å²) in [4.78, 5) is 15.6. The van der Waals surface area contributed by atoms with Gasteiger partial charge in [0.25, 0.3) is 5.91 Å². The number of anilines is 1. The van der Waals surface area contributed by atoms with Gasteiger partial charge in [-0.2, -0.15) is 5.10 Å². The van der Waals surface area contributed by atoms with Gasteiger partial charge in [-0.15, -0.1) is 11.3 Å². The largest absolute Gasteiger partial charge is 0.497 e. The highest BCUT2D eigenvalue weighted by Crippen LogP contribution is 2.26. The molecule has 6 nitrogen and oxygen atoms in total. The van der Waals surface area contributed by atoms with Crippen LogP contribution in [0, 0.1) is 6.92 Å². The number of aromatic nitrogens is 2. The summed E-state index contributed by atoms with van der Waals surface area (Å²) in [7, 11) is 1.66. The summed E-state index contributed by atoms with van der Waals surface area (Å²) >= 11 is 1.50. The fraction of sp³-hybridized carbons (Fsp3) is 0.333. The van der Waals surface area contributed by atoms with E-state index < -0.39 is 0 Å². The molecule has 1 aromatic carbocycles. The van der Waals surface area contributed by atoms with Gasteiger partial charge in [0.1, 0.15) is 5.75 Å². The molecule has 28 heavy (non-hydrogen) atoms. The number of aromatic amines is 1. The van der Waals surface area contributed by atoms with Gasteiger partial charge in [-0.1, -0.05) is 0 Å².